The molecule has 0 spiro atoms. The molecular weight excluding hydrogens is 329 g/mol. The molecule has 0 bridgehead atoms. The van der Waals surface area contributed by atoms with Crippen LogP contribution in [0.15, 0.2) is 24.3 Å². The van der Waals surface area contributed by atoms with Gasteiger partial charge in [-0.05, 0) is 53.5 Å². The fraction of sp³-hybridized carbons (Fsp3) is 0.455. The smallest absolute Gasteiger partial charge is 0.123 e. The lowest BCUT2D eigenvalue weighted by Crippen LogP contribution is -2.12. The predicted octanol–water partition coefficient (Wildman–Crippen LogP) is 5.15. The van der Waals surface area contributed by atoms with Crippen LogP contribution in [0.4, 0.5) is 4.39 Å². The molecule has 1 aromatic carbocycles. The van der Waals surface area contributed by atoms with Crippen LogP contribution in [-0.2, 0) is 17.8 Å². The number of aromatic nitrogens is 1. The predicted molar refractivity (Wildman–Crippen MR) is 103 cm³/mol. The molecule has 0 unspecified atom stereocenters. The number of benzene rings is 1. The summed E-state index contributed by atoms with van der Waals surface area (Å²) >= 11 is 0. The van der Waals surface area contributed by atoms with Crippen molar-refractivity contribution >= 4 is 6.29 Å². The first-order valence-corrected chi connectivity index (χ1v) is 9.26. The molecule has 0 aliphatic rings. The zero-order chi connectivity index (χ0) is 19.3. The van der Waals surface area contributed by atoms with Crippen molar-refractivity contribution in [1.82, 2.24) is 4.98 Å². The van der Waals surface area contributed by atoms with Crippen LogP contribution in [0.25, 0.3) is 11.1 Å². The number of carbonyl (C=O) groups is 1. The van der Waals surface area contributed by atoms with E-state index in [0.717, 1.165) is 46.3 Å². The van der Waals surface area contributed by atoms with Gasteiger partial charge in [-0.25, -0.2) is 4.39 Å². The molecule has 0 atom stereocenters. The highest BCUT2D eigenvalue weighted by molar-refractivity contribution is 5.73. The van der Waals surface area contributed by atoms with E-state index in [1.165, 1.54) is 12.1 Å². The zero-order valence-electron chi connectivity index (χ0n) is 16.1. The second kappa shape index (κ2) is 9.04. The molecule has 2 aromatic rings. The second-order valence-electron chi connectivity index (χ2n) is 7.25. The Morgan fingerprint density at radius 2 is 1.62 bits per heavy atom. The highest BCUT2D eigenvalue weighted by atomic mass is 19.1. The summed E-state index contributed by atoms with van der Waals surface area (Å²) in [6, 6.07) is 6.38. The first-order valence-electron chi connectivity index (χ1n) is 9.26. The van der Waals surface area contributed by atoms with E-state index in [0.29, 0.717) is 12.8 Å². The highest BCUT2D eigenvalue weighted by Gasteiger charge is 2.23. The Morgan fingerprint density at radius 3 is 2.12 bits per heavy atom. The first-order chi connectivity index (χ1) is 12.4. The van der Waals surface area contributed by atoms with Gasteiger partial charge in [-0.2, -0.15) is 0 Å². The quantitative estimate of drug-likeness (QED) is 0.525. The molecule has 0 saturated heterocycles. The monoisotopic (exact) mass is 357 g/mol. The van der Waals surface area contributed by atoms with E-state index in [1.54, 1.807) is 12.1 Å². The van der Waals surface area contributed by atoms with Crippen LogP contribution in [-0.4, -0.2) is 16.4 Å². The molecule has 1 N–H and O–H groups in total. The van der Waals surface area contributed by atoms with Crippen LogP contribution in [0.3, 0.4) is 0 Å². The lowest BCUT2D eigenvalue weighted by molar-refractivity contribution is -0.107. The molecule has 1 aromatic heterocycles. The zero-order valence-corrected chi connectivity index (χ0v) is 16.1. The van der Waals surface area contributed by atoms with Gasteiger partial charge in [0, 0.05) is 23.4 Å². The van der Waals surface area contributed by atoms with Crippen LogP contribution in [0.1, 0.15) is 74.9 Å². The van der Waals surface area contributed by atoms with Crippen molar-refractivity contribution in [3.05, 3.63) is 52.6 Å². The van der Waals surface area contributed by atoms with E-state index in [-0.39, 0.29) is 24.3 Å². The van der Waals surface area contributed by atoms with Gasteiger partial charge in [0.2, 0.25) is 0 Å². The van der Waals surface area contributed by atoms with Crippen molar-refractivity contribution in [2.75, 3.05) is 0 Å². The lowest BCUT2D eigenvalue weighted by Gasteiger charge is -2.24. The van der Waals surface area contributed by atoms with Crippen molar-refractivity contribution in [3.63, 3.8) is 0 Å². The van der Waals surface area contributed by atoms with E-state index >= 15 is 0 Å². The Kier molecular flexibility index (Phi) is 7.04. The number of pyridine rings is 1. The van der Waals surface area contributed by atoms with E-state index in [4.69, 9.17) is 4.98 Å². The summed E-state index contributed by atoms with van der Waals surface area (Å²) in [5.74, 6) is 0.0903. The second-order valence-corrected chi connectivity index (χ2v) is 7.25. The van der Waals surface area contributed by atoms with Crippen LogP contribution in [0, 0.1) is 5.82 Å². The minimum absolute atomic E-state index is 0.119. The maximum absolute atomic E-state index is 13.4. The van der Waals surface area contributed by atoms with E-state index in [2.05, 4.69) is 27.7 Å². The number of unbranched alkanes of at least 4 members (excludes halogenated alkanes) is 1. The normalized spacial score (nSPS) is 11.4. The van der Waals surface area contributed by atoms with Gasteiger partial charge in [-0.1, -0.05) is 39.8 Å². The molecular formula is C22H28FNO2. The first kappa shape index (κ1) is 20.2. The average molecular weight is 357 g/mol. The maximum atomic E-state index is 13.4. The number of aliphatic hydroxyl groups is 1. The molecule has 0 aliphatic heterocycles. The lowest BCUT2D eigenvalue weighted by atomic mass is 9.85. The maximum Gasteiger partial charge on any atom is 0.123 e. The molecule has 0 amide bonds. The third-order valence-electron chi connectivity index (χ3n) is 4.60. The summed E-state index contributed by atoms with van der Waals surface area (Å²) in [6.45, 7) is 8.20. The minimum Gasteiger partial charge on any atom is -0.392 e. The third-order valence-corrected chi connectivity index (χ3v) is 4.60. The van der Waals surface area contributed by atoms with Crippen LogP contribution in [0.5, 0.6) is 0 Å². The van der Waals surface area contributed by atoms with Crippen molar-refractivity contribution < 1.29 is 14.3 Å². The fourth-order valence-corrected chi connectivity index (χ4v) is 3.40. The van der Waals surface area contributed by atoms with Crippen LogP contribution >= 0.6 is 0 Å². The molecule has 4 heteroatoms. The summed E-state index contributed by atoms with van der Waals surface area (Å²) in [5, 5.41) is 10.1. The van der Waals surface area contributed by atoms with Gasteiger partial charge in [-0.15, -0.1) is 0 Å². The number of aliphatic hydroxyl groups excluding tert-OH is 1. The molecule has 2 rings (SSSR count). The highest BCUT2D eigenvalue weighted by Crippen LogP contribution is 2.37. The Bertz CT molecular complexity index is 752. The van der Waals surface area contributed by atoms with E-state index in [1.807, 2.05) is 0 Å². The van der Waals surface area contributed by atoms with Crippen LogP contribution < -0.4 is 0 Å². The number of rotatable bonds is 8. The number of halogens is 1. The van der Waals surface area contributed by atoms with E-state index in [9.17, 15) is 14.3 Å². The van der Waals surface area contributed by atoms with Crippen molar-refractivity contribution in [3.8, 4) is 11.1 Å². The Balaban J connectivity index is 2.79. The van der Waals surface area contributed by atoms with Gasteiger partial charge < -0.3 is 9.90 Å². The number of carbonyl (C=O) groups excluding carboxylic acids is 1. The van der Waals surface area contributed by atoms with Gasteiger partial charge in [0.25, 0.3) is 0 Å². The number of aldehydes is 1. The summed E-state index contributed by atoms with van der Waals surface area (Å²) in [5.41, 5.74) is 5.56. The molecule has 3 nitrogen and oxygen atoms in total. The van der Waals surface area contributed by atoms with Crippen LogP contribution in [0.2, 0.25) is 0 Å². The summed E-state index contributed by atoms with van der Waals surface area (Å²) in [4.78, 5) is 15.7. The average Bonchev–Trinajstić information content (AvgIpc) is 2.61. The molecule has 1 heterocycles. The minimum atomic E-state index is -0.288. The Hall–Kier alpha value is -2.07. The van der Waals surface area contributed by atoms with Gasteiger partial charge in [0.05, 0.1) is 6.61 Å². The Morgan fingerprint density at radius 1 is 1.04 bits per heavy atom. The van der Waals surface area contributed by atoms with Gasteiger partial charge in [0.15, 0.2) is 0 Å². The van der Waals surface area contributed by atoms with Gasteiger partial charge in [-0.3, -0.25) is 4.98 Å². The third kappa shape index (κ3) is 4.36. The molecule has 26 heavy (non-hydrogen) atoms. The Labute approximate surface area is 155 Å². The van der Waals surface area contributed by atoms with Crippen molar-refractivity contribution in [2.45, 2.75) is 65.4 Å². The molecule has 0 radical (unpaired) electrons. The standard InChI is InChI=1S/C22H28FNO2/c1-14(2)21-18(7-5-6-12-25)20(16-8-10-17(23)11-9-16)19(13-26)22(24-21)15(3)4/h8-12,14-15,26H,5-7,13H2,1-4H3. The molecule has 0 aliphatic carbocycles. The van der Waals surface area contributed by atoms with Gasteiger partial charge in [0.1, 0.15) is 12.1 Å². The number of hydrogen-bond acceptors (Lipinski definition) is 3. The SMILES string of the molecule is CC(C)c1nc(C(C)C)c(CCCC=O)c(-c2ccc(F)cc2)c1CO. The molecule has 0 saturated carbocycles. The summed E-state index contributed by atoms with van der Waals surface area (Å²) in [7, 11) is 0. The van der Waals surface area contributed by atoms with Crippen molar-refractivity contribution in [2.24, 2.45) is 0 Å². The van der Waals surface area contributed by atoms with Crippen molar-refractivity contribution in [1.29, 1.82) is 0 Å². The number of nitrogens with zero attached hydrogens (tertiary/aromatic N) is 1. The van der Waals surface area contributed by atoms with Gasteiger partial charge >= 0.3 is 0 Å². The van der Waals surface area contributed by atoms with E-state index < -0.39 is 0 Å². The molecule has 0 fully saturated rings. The summed E-state index contributed by atoms with van der Waals surface area (Å²) < 4.78 is 13.4. The number of hydrogen-bond donors (Lipinski definition) is 1. The largest absolute Gasteiger partial charge is 0.392 e. The topological polar surface area (TPSA) is 50.2 Å². The summed E-state index contributed by atoms with van der Waals surface area (Å²) in [6.07, 6.45) is 2.85. The fourth-order valence-electron chi connectivity index (χ4n) is 3.40. The molecule has 140 valence electrons.